The Hall–Kier alpha value is -2.38. The van der Waals surface area contributed by atoms with Crippen LogP contribution in [0.25, 0.3) is 0 Å². The van der Waals surface area contributed by atoms with Gasteiger partial charge in [0.2, 0.25) is 0 Å². The summed E-state index contributed by atoms with van der Waals surface area (Å²) in [6.45, 7) is 2.66. The highest BCUT2D eigenvalue weighted by Crippen LogP contribution is 2.49. The fourth-order valence-corrected chi connectivity index (χ4v) is 8.54. The van der Waals surface area contributed by atoms with Gasteiger partial charge in [-0.2, -0.15) is 0 Å². The maximum atomic E-state index is 13.0. The molecule has 1 aliphatic rings. The van der Waals surface area contributed by atoms with Gasteiger partial charge in [0.15, 0.2) is 6.10 Å². The van der Waals surface area contributed by atoms with Crippen molar-refractivity contribution in [3.63, 3.8) is 0 Å². The fraction of sp³-hybridized carbons (Fsp3) is 0.745. The molecule has 10 atom stereocenters. The number of allylic oxidation sites excluding steroid dienone is 9. The summed E-state index contributed by atoms with van der Waals surface area (Å²) in [5, 5.41) is 62.1. The number of phosphoric ester groups is 2. The van der Waals surface area contributed by atoms with E-state index in [9.17, 15) is 64.0 Å². The molecule has 1 saturated carbocycles. The Kier molecular flexibility index (Phi) is 35.0. The number of carbonyl (C=O) groups is 2. The van der Waals surface area contributed by atoms with Gasteiger partial charge in [0, 0.05) is 12.8 Å². The number of aliphatic hydroxyl groups excluding tert-OH is 6. The number of hydrogen-bond donors (Lipinski definition) is 9. The van der Waals surface area contributed by atoms with E-state index in [-0.39, 0.29) is 32.1 Å². The van der Waals surface area contributed by atoms with Crippen molar-refractivity contribution in [3.05, 3.63) is 60.8 Å². The number of carbonyl (C=O) groups excluding carboxylic acids is 2. The number of ether oxygens (including phenoxy) is 2. The van der Waals surface area contributed by atoms with Crippen molar-refractivity contribution in [2.24, 2.45) is 0 Å². The highest BCUT2D eigenvalue weighted by molar-refractivity contribution is 7.47. The molecule has 0 radical (unpaired) electrons. The summed E-state index contributed by atoms with van der Waals surface area (Å²) in [5.74, 6) is -1.50. The Morgan fingerprint density at radius 1 is 0.537 bits per heavy atom. The molecule has 1 aliphatic carbocycles. The van der Waals surface area contributed by atoms with Crippen molar-refractivity contribution in [2.75, 3.05) is 13.2 Å². The molecule has 0 aromatic heterocycles. The Morgan fingerprint density at radius 2 is 1.01 bits per heavy atom. The van der Waals surface area contributed by atoms with E-state index in [0.717, 1.165) is 57.8 Å². The first-order valence-electron chi connectivity index (χ1n) is 24.0. The second kappa shape index (κ2) is 37.4. The maximum Gasteiger partial charge on any atom is 0.472 e. The van der Waals surface area contributed by atoms with Crippen molar-refractivity contribution in [1.82, 2.24) is 0 Å². The van der Waals surface area contributed by atoms with Crippen LogP contribution in [0.5, 0.6) is 0 Å². The van der Waals surface area contributed by atoms with Gasteiger partial charge >= 0.3 is 27.6 Å². The summed E-state index contributed by atoms with van der Waals surface area (Å²) in [7, 11) is -10.8. The van der Waals surface area contributed by atoms with Gasteiger partial charge in [0.1, 0.15) is 43.2 Å². The van der Waals surface area contributed by atoms with Crippen molar-refractivity contribution < 1.29 is 87.1 Å². The lowest BCUT2D eigenvalue weighted by atomic mass is 9.85. The molecule has 0 heterocycles. The smallest absolute Gasteiger partial charge is 0.462 e. The van der Waals surface area contributed by atoms with Gasteiger partial charge in [-0.3, -0.25) is 23.2 Å². The van der Waals surface area contributed by atoms with Gasteiger partial charge < -0.3 is 54.8 Å². The topological polar surface area (TPSA) is 296 Å². The molecule has 0 aromatic carbocycles. The lowest BCUT2D eigenvalue weighted by molar-refractivity contribution is -0.216. The molecule has 20 heteroatoms. The van der Waals surface area contributed by atoms with Crippen molar-refractivity contribution in [2.45, 2.75) is 210 Å². The van der Waals surface area contributed by atoms with Crippen LogP contribution in [-0.2, 0) is 41.8 Å². The number of rotatable bonds is 39. The summed E-state index contributed by atoms with van der Waals surface area (Å²) < 4.78 is 49.2. The minimum Gasteiger partial charge on any atom is -0.462 e. The first kappa shape index (κ1) is 62.6. The second-order valence-corrected chi connectivity index (χ2v) is 19.3. The van der Waals surface area contributed by atoms with Gasteiger partial charge in [-0.1, -0.05) is 132 Å². The summed E-state index contributed by atoms with van der Waals surface area (Å²) in [6, 6.07) is 0. The first-order chi connectivity index (χ1) is 31.9. The van der Waals surface area contributed by atoms with Crippen molar-refractivity contribution in [3.8, 4) is 0 Å². The molecule has 0 aromatic rings. The molecule has 9 N–H and O–H groups in total. The maximum absolute atomic E-state index is 13.0. The zero-order valence-corrected chi connectivity index (χ0v) is 41.3. The molecular weight excluding hydrogens is 914 g/mol. The van der Waals surface area contributed by atoms with Crippen LogP contribution in [0.3, 0.4) is 0 Å². The lowest BCUT2D eigenvalue weighted by Gasteiger charge is -2.43. The largest absolute Gasteiger partial charge is 0.472 e. The van der Waals surface area contributed by atoms with Gasteiger partial charge in [-0.05, 0) is 70.6 Å². The predicted octanol–water partition coefficient (Wildman–Crippen LogP) is 7.00. The van der Waals surface area contributed by atoms with Gasteiger partial charge in [0.05, 0.1) is 18.8 Å². The molecule has 5 unspecified atom stereocenters. The Balaban J connectivity index is 2.70. The molecule has 18 nitrogen and oxygen atoms in total. The van der Waals surface area contributed by atoms with Crippen LogP contribution >= 0.6 is 15.6 Å². The van der Waals surface area contributed by atoms with E-state index >= 15 is 0 Å². The monoisotopic (exact) mass is 996 g/mol. The highest BCUT2D eigenvalue weighted by atomic mass is 31.2. The van der Waals surface area contributed by atoms with E-state index < -0.39 is 95.7 Å². The average molecular weight is 997 g/mol. The van der Waals surface area contributed by atoms with E-state index in [1.807, 2.05) is 18.2 Å². The number of aliphatic hydroxyl groups is 6. The van der Waals surface area contributed by atoms with Gasteiger partial charge in [-0.15, -0.1) is 0 Å². The minimum absolute atomic E-state index is 0.0242. The van der Waals surface area contributed by atoms with Crippen LogP contribution in [0.15, 0.2) is 60.8 Å². The van der Waals surface area contributed by atoms with Crippen LogP contribution in [0.4, 0.5) is 0 Å². The summed E-state index contributed by atoms with van der Waals surface area (Å²) in [6.07, 6.45) is 20.4. The van der Waals surface area contributed by atoms with Crippen LogP contribution < -0.4 is 0 Å². The molecule has 0 amide bonds. The van der Waals surface area contributed by atoms with Crippen LogP contribution in [-0.4, -0.2) is 125 Å². The fourth-order valence-electron chi connectivity index (χ4n) is 7.00. The molecule has 0 aliphatic heterocycles. The van der Waals surface area contributed by atoms with Crippen LogP contribution in [0.1, 0.15) is 155 Å². The van der Waals surface area contributed by atoms with Crippen molar-refractivity contribution >= 4 is 27.6 Å². The Bertz CT molecular complexity index is 1560. The van der Waals surface area contributed by atoms with Crippen molar-refractivity contribution in [1.29, 1.82) is 0 Å². The normalized spacial score (nSPS) is 22.9. The summed E-state index contributed by atoms with van der Waals surface area (Å²) in [4.78, 5) is 54.4. The van der Waals surface area contributed by atoms with E-state index in [0.29, 0.717) is 12.8 Å². The highest BCUT2D eigenvalue weighted by Gasteiger charge is 2.54. The lowest BCUT2D eigenvalue weighted by Crippen LogP contribution is -2.64. The van der Waals surface area contributed by atoms with Gasteiger partial charge in [0.25, 0.3) is 0 Å². The number of unbranched alkanes of at least 4 members (excludes halogenated alkanes) is 11. The SMILES string of the molecule is CC/C=C\C/C=C\C/C=C\C/C=C\C[C@@H](O)[C@H](O)CCCC(=O)O[C@H](COC(=O)CCCCCCCCCCCCC/C=C\CC)COP(=O)(O)O[C@H]1C(O)C(O)C(O)[C@@H](OP(=O)(O)O)C1O. The first-order valence-corrected chi connectivity index (χ1v) is 27.0. The number of esters is 2. The minimum atomic E-state index is -5.40. The third kappa shape index (κ3) is 31.5. The second-order valence-electron chi connectivity index (χ2n) is 16.7. The van der Waals surface area contributed by atoms with Gasteiger partial charge in [-0.25, -0.2) is 9.13 Å². The Labute approximate surface area is 397 Å². The predicted molar refractivity (Wildman–Crippen MR) is 253 cm³/mol. The van der Waals surface area contributed by atoms with Crippen LogP contribution in [0, 0.1) is 0 Å². The quantitative estimate of drug-likeness (QED) is 0.0130. The van der Waals surface area contributed by atoms with E-state index in [1.54, 1.807) is 6.08 Å². The number of phosphoric acid groups is 2. The standard InChI is InChI=1S/C47H82O18P2/c1-3-5-7-9-11-13-15-17-18-19-21-23-25-27-29-33-40(50)61-35-37(36-62-67(59,60)65-47-44(54)42(52)43(53)46(45(47)55)64-66(56,57)58)63-41(51)34-30-32-39(49)38(48)31-28-26-24-22-20-16-14-12-10-8-6-4-2/h5-8,12,14,20,22,26,28,37-39,42-49,52-55H,3-4,9-11,13,15-19,21,23-25,27,29-36H2,1-2H3,(H,59,60)(H2,56,57,58)/b7-5-,8-6-,14-12-,22-20-,28-26-/t37-,38-,39-,42?,43?,44?,45?,46-,47+/m1/s1. The molecule has 1 rings (SSSR count). The number of hydrogen-bond acceptors (Lipinski definition) is 15. The van der Waals surface area contributed by atoms with E-state index in [1.165, 1.54) is 38.5 Å². The van der Waals surface area contributed by atoms with E-state index in [2.05, 4.69) is 54.8 Å². The summed E-state index contributed by atoms with van der Waals surface area (Å²) >= 11 is 0. The zero-order valence-electron chi connectivity index (χ0n) is 39.5. The third-order valence-electron chi connectivity index (χ3n) is 10.8. The molecule has 1 fully saturated rings. The molecule has 67 heavy (non-hydrogen) atoms. The van der Waals surface area contributed by atoms with E-state index in [4.69, 9.17) is 18.5 Å². The molecule has 0 bridgehead atoms. The molecule has 0 spiro atoms. The summed E-state index contributed by atoms with van der Waals surface area (Å²) in [5.41, 5.74) is 0. The zero-order chi connectivity index (χ0) is 49.9. The third-order valence-corrected chi connectivity index (χ3v) is 12.3. The van der Waals surface area contributed by atoms with Crippen LogP contribution in [0.2, 0.25) is 0 Å². The molecular formula is C47H82O18P2. The molecule has 0 saturated heterocycles. The Morgan fingerprint density at radius 3 is 1.57 bits per heavy atom. The molecule has 388 valence electrons. The average Bonchev–Trinajstić information content (AvgIpc) is 3.28.